The summed E-state index contributed by atoms with van der Waals surface area (Å²) in [7, 11) is 5.81. The van der Waals surface area contributed by atoms with Crippen LogP contribution < -0.4 is 0 Å². The zero-order chi connectivity index (χ0) is 8.53. The van der Waals surface area contributed by atoms with Gasteiger partial charge < -0.3 is 14.4 Å². The summed E-state index contributed by atoms with van der Waals surface area (Å²) in [6.07, 6.45) is 1.09. The third-order valence-electron chi connectivity index (χ3n) is 1.33. The van der Waals surface area contributed by atoms with E-state index in [1.807, 2.05) is 0 Å². The second-order valence-electron chi connectivity index (χ2n) is 2.76. The highest BCUT2D eigenvalue weighted by atomic mass is 16.5. The first-order valence-corrected chi connectivity index (χ1v) is 3.98. The van der Waals surface area contributed by atoms with E-state index < -0.39 is 0 Å². The predicted octanol–water partition coefficient (Wildman–Crippen LogP) is 0.601. The van der Waals surface area contributed by atoms with Crippen molar-refractivity contribution in [2.45, 2.75) is 6.42 Å². The molecular weight excluding hydrogens is 142 g/mol. The van der Waals surface area contributed by atoms with E-state index in [4.69, 9.17) is 9.47 Å². The van der Waals surface area contributed by atoms with Crippen LogP contribution in [0.5, 0.6) is 0 Å². The van der Waals surface area contributed by atoms with Crippen LogP contribution in [0.25, 0.3) is 0 Å². The van der Waals surface area contributed by atoms with Crippen LogP contribution in [0.3, 0.4) is 0 Å². The Hall–Kier alpha value is -0.120. The van der Waals surface area contributed by atoms with Crippen molar-refractivity contribution in [1.82, 2.24) is 4.90 Å². The molecule has 0 aliphatic rings. The van der Waals surface area contributed by atoms with Gasteiger partial charge in [-0.2, -0.15) is 0 Å². The lowest BCUT2D eigenvalue weighted by molar-refractivity contribution is 0.0671. The standard InChI is InChI=1S/C8H19NO2/c1-9(2)5-4-6-11-8-7-10-3/h4-8H2,1-3H3. The Morgan fingerprint density at radius 2 is 1.82 bits per heavy atom. The zero-order valence-electron chi connectivity index (χ0n) is 7.80. The van der Waals surface area contributed by atoms with Gasteiger partial charge in [-0.3, -0.25) is 0 Å². The van der Waals surface area contributed by atoms with Crippen molar-refractivity contribution in [3.05, 3.63) is 0 Å². The summed E-state index contributed by atoms with van der Waals surface area (Å²) in [5.41, 5.74) is 0. The summed E-state index contributed by atoms with van der Waals surface area (Å²) in [6.45, 7) is 3.33. The number of hydrogen-bond donors (Lipinski definition) is 0. The van der Waals surface area contributed by atoms with Crippen molar-refractivity contribution in [2.75, 3.05) is 47.6 Å². The maximum absolute atomic E-state index is 5.27. The quantitative estimate of drug-likeness (QED) is 0.510. The second kappa shape index (κ2) is 7.98. The molecule has 0 rings (SSSR count). The zero-order valence-corrected chi connectivity index (χ0v) is 7.80. The van der Waals surface area contributed by atoms with Crippen molar-refractivity contribution in [1.29, 1.82) is 0 Å². The summed E-state index contributed by atoms with van der Waals surface area (Å²) in [5.74, 6) is 0. The number of rotatable bonds is 7. The minimum Gasteiger partial charge on any atom is -0.382 e. The van der Waals surface area contributed by atoms with E-state index >= 15 is 0 Å². The molecule has 0 aromatic heterocycles. The molecule has 0 fully saturated rings. The first kappa shape index (κ1) is 10.9. The van der Waals surface area contributed by atoms with Gasteiger partial charge >= 0.3 is 0 Å². The van der Waals surface area contributed by atoms with Crippen LogP contribution in [0.4, 0.5) is 0 Å². The van der Waals surface area contributed by atoms with Gasteiger partial charge in [0.05, 0.1) is 13.2 Å². The van der Waals surface area contributed by atoms with Crippen molar-refractivity contribution in [2.24, 2.45) is 0 Å². The molecular formula is C8H19NO2. The summed E-state index contributed by atoms with van der Waals surface area (Å²) in [5, 5.41) is 0. The molecule has 0 aliphatic carbocycles. The van der Waals surface area contributed by atoms with E-state index in [9.17, 15) is 0 Å². The highest BCUT2D eigenvalue weighted by molar-refractivity contribution is 4.42. The molecule has 0 saturated carbocycles. The molecule has 0 bridgehead atoms. The SMILES string of the molecule is COCCOCCCN(C)C. The highest BCUT2D eigenvalue weighted by Gasteiger charge is 1.90. The van der Waals surface area contributed by atoms with Crippen LogP contribution in [0.2, 0.25) is 0 Å². The average Bonchev–Trinajstić information content (AvgIpc) is 1.96. The Labute approximate surface area is 69.3 Å². The fraction of sp³-hybridized carbons (Fsp3) is 1.00. The first-order valence-electron chi connectivity index (χ1n) is 3.98. The van der Waals surface area contributed by atoms with Crippen molar-refractivity contribution < 1.29 is 9.47 Å². The van der Waals surface area contributed by atoms with Gasteiger partial charge in [0.2, 0.25) is 0 Å². The van der Waals surface area contributed by atoms with Gasteiger partial charge in [-0.25, -0.2) is 0 Å². The Balaban J connectivity index is 2.80. The van der Waals surface area contributed by atoms with E-state index in [1.165, 1.54) is 0 Å². The van der Waals surface area contributed by atoms with Gasteiger partial charge in [0.1, 0.15) is 0 Å². The molecule has 11 heavy (non-hydrogen) atoms. The molecule has 0 saturated heterocycles. The van der Waals surface area contributed by atoms with Crippen LogP contribution in [-0.4, -0.2) is 52.5 Å². The summed E-state index contributed by atoms with van der Waals surface area (Å²) in [6, 6.07) is 0. The van der Waals surface area contributed by atoms with Gasteiger partial charge in [-0.05, 0) is 27.1 Å². The van der Waals surface area contributed by atoms with Gasteiger partial charge in [-0.1, -0.05) is 0 Å². The molecule has 0 unspecified atom stereocenters. The van der Waals surface area contributed by atoms with E-state index in [-0.39, 0.29) is 0 Å². The molecule has 0 heterocycles. The smallest absolute Gasteiger partial charge is 0.0700 e. The molecule has 0 aliphatic heterocycles. The Morgan fingerprint density at radius 1 is 1.09 bits per heavy atom. The topological polar surface area (TPSA) is 21.7 Å². The Kier molecular flexibility index (Phi) is 7.89. The number of nitrogens with zero attached hydrogens (tertiary/aromatic N) is 1. The van der Waals surface area contributed by atoms with Crippen LogP contribution in [-0.2, 0) is 9.47 Å². The lowest BCUT2D eigenvalue weighted by Gasteiger charge is -2.08. The third kappa shape index (κ3) is 9.88. The minimum absolute atomic E-state index is 0.696. The third-order valence-corrected chi connectivity index (χ3v) is 1.33. The van der Waals surface area contributed by atoms with E-state index in [0.29, 0.717) is 13.2 Å². The van der Waals surface area contributed by atoms with Crippen LogP contribution in [0.15, 0.2) is 0 Å². The lowest BCUT2D eigenvalue weighted by atomic mass is 10.4. The molecule has 68 valence electrons. The molecule has 0 N–H and O–H groups in total. The van der Waals surface area contributed by atoms with Crippen molar-refractivity contribution >= 4 is 0 Å². The van der Waals surface area contributed by atoms with Crippen LogP contribution in [0.1, 0.15) is 6.42 Å². The molecule has 0 aromatic carbocycles. The lowest BCUT2D eigenvalue weighted by Crippen LogP contribution is -2.15. The first-order chi connectivity index (χ1) is 5.27. The van der Waals surface area contributed by atoms with E-state index in [0.717, 1.165) is 19.6 Å². The molecule has 3 heteroatoms. The van der Waals surface area contributed by atoms with Gasteiger partial charge in [-0.15, -0.1) is 0 Å². The summed E-state index contributed by atoms with van der Waals surface area (Å²) >= 11 is 0. The molecule has 0 spiro atoms. The van der Waals surface area contributed by atoms with Crippen molar-refractivity contribution in [3.63, 3.8) is 0 Å². The Bertz CT molecular complexity index is 76.5. The van der Waals surface area contributed by atoms with Crippen LogP contribution >= 0.6 is 0 Å². The van der Waals surface area contributed by atoms with E-state index in [1.54, 1.807) is 7.11 Å². The van der Waals surface area contributed by atoms with Gasteiger partial charge in [0.15, 0.2) is 0 Å². The van der Waals surface area contributed by atoms with E-state index in [2.05, 4.69) is 19.0 Å². The maximum atomic E-state index is 5.27. The van der Waals surface area contributed by atoms with Crippen molar-refractivity contribution in [3.8, 4) is 0 Å². The fourth-order valence-electron chi connectivity index (χ4n) is 0.727. The number of hydrogen-bond acceptors (Lipinski definition) is 3. The summed E-state index contributed by atoms with van der Waals surface area (Å²) in [4.78, 5) is 2.15. The Morgan fingerprint density at radius 3 is 2.36 bits per heavy atom. The number of ether oxygens (including phenoxy) is 2. The van der Waals surface area contributed by atoms with Gasteiger partial charge in [0, 0.05) is 13.7 Å². The molecule has 0 atom stereocenters. The molecule has 0 aromatic rings. The average molecular weight is 161 g/mol. The number of methoxy groups -OCH3 is 1. The molecule has 0 radical (unpaired) electrons. The fourth-order valence-corrected chi connectivity index (χ4v) is 0.727. The molecule has 3 nitrogen and oxygen atoms in total. The van der Waals surface area contributed by atoms with Gasteiger partial charge in [0.25, 0.3) is 0 Å². The monoisotopic (exact) mass is 161 g/mol. The maximum Gasteiger partial charge on any atom is 0.0700 e. The largest absolute Gasteiger partial charge is 0.382 e. The van der Waals surface area contributed by atoms with Crippen LogP contribution in [0, 0.1) is 0 Å². The molecule has 0 amide bonds. The minimum atomic E-state index is 0.696. The second-order valence-corrected chi connectivity index (χ2v) is 2.76. The normalized spacial score (nSPS) is 10.9. The summed E-state index contributed by atoms with van der Waals surface area (Å²) < 4.78 is 10.1. The highest BCUT2D eigenvalue weighted by Crippen LogP contribution is 1.85. The predicted molar refractivity (Wildman–Crippen MR) is 45.9 cm³/mol.